The molecule has 0 aromatic carbocycles. The summed E-state index contributed by atoms with van der Waals surface area (Å²) in [6, 6.07) is 0. The van der Waals surface area contributed by atoms with Crippen molar-refractivity contribution < 1.29 is 4.74 Å². The van der Waals surface area contributed by atoms with E-state index in [-0.39, 0.29) is 0 Å². The van der Waals surface area contributed by atoms with Crippen molar-refractivity contribution in [2.24, 2.45) is 0 Å². The van der Waals surface area contributed by atoms with E-state index in [1.54, 1.807) is 0 Å². The third kappa shape index (κ3) is 9.66. The van der Waals surface area contributed by atoms with E-state index < -0.39 is 0 Å². The Balaban J connectivity index is 2.74. The van der Waals surface area contributed by atoms with Gasteiger partial charge in [0.05, 0.1) is 6.61 Å². The molecule has 0 aliphatic carbocycles. The highest BCUT2D eigenvalue weighted by atomic mass is 16.5. The first-order valence-corrected chi connectivity index (χ1v) is 4.31. The van der Waals surface area contributed by atoms with E-state index in [2.05, 4.69) is 11.9 Å². The van der Waals surface area contributed by atoms with E-state index in [9.17, 15) is 0 Å². The zero-order valence-corrected chi connectivity index (χ0v) is 7.44. The summed E-state index contributed by atoms with van der Waals surface area (Å²) in [7, 11) is 0. The van der Waals surface area contributed by atoms with Gasteiger partial charge in [-0.25, -0.2) is 0 Å². The van der Waals surface area contributed by atoms with Gasteiger partial charge in [-0.05, 0) is 26.3 Å². The van der Waals surface area contributed by atoms with Gasteiger partial charge in [0.1, 0.15) is 0 Å². The zero-order chi connectivity index (χ0) is 8.36. The Morgan fingerprint density at radius 3 is 2.91 bits per heavy atom. The van der Waals surface area contributed by atoms with Crippen LogP contribution in [0.2, 0.25) is 0 Å². The van der Waals surface area contributed by atoms with Crippen molar-refractivity contribution in [2.45, 2.75) is 19.8 Å². The van der Waals surface area contributed by atoms with Crippen molar-refractivity contribution in [1.29, 1.82) is 0 Å². The predicted molar refractivity (Wildman–Crippen MR) is 48.8 cm³/mol. The van der Waals surface area contributed by atoms with Crippen molar-refractivity contribution in [3.05, 3.63) is 12.7 Å². The lowest BCUT2D eigenvalue weighted by Crippen LogP contribution is -2.20. The summed E-state index contributed by atoms with van der Waals surface area (Å²) in [6.45, 7) is 9.34. The molecule has 0 heterocycles. The summed E-state index contributed by atoms with van der Waals surface area (Å²) in [4.78, 5) is 0. The number of ether oxygens (including phenoxy) is 1. The third-order valence-corrected chi connectivity index (χ3v) is 1.39. The van der Waals surface area contributed by atoms with Crippen LogP contribution in [0.15, 0.2) is 12.7 Å². The molecule has 0 aliphatic heterocycles. The maximum absolute atomic E-state index is 5.16. The van der Waals surface area contributed by atoms with Crippen molar-refractivity contribution in [3.8, 4) is 0 Å². The van der Waals surface area contributed by atoms with Crippen molar-refractivity contribution in [1.82, 2.24) is 5.32 Å². The molecule has 0 fully saturated rings. The molecule has 0 unspecified atom stereocenters. The first-order valence-electron chi connectivity index (χ1n) is 4.31. The molecule has 1 N–H and O–H groups in total. The molecule has 0 radical (unpaired) electrons. The van der Waals surface area contributed by atoms with Crippen LogP contribution in [0.1, 0.15) is 19.8 Å². The molecule has 11 heavy (non-hydrogen) atoms. The third-order valence-electron chi connectivity index (χ3n) is 1.39. The fraction of sp³-hybridized carbons (Fsp3) is 0.778. The van der Waals surface area contributed by atoms with Gasteiger partial charge in [0.25, 0.3) is 0 Å². The standard InChI is InChI=1S/C9H19NO/c1-3-5-6-7-10-8-9-11-4-2/h3,10H,1,4-9H2,2H3. The molecule has 2 heteroatoms. The Kier molecular flexibility index (Phi) is 9.36. The van der Waals surface area contributed by atoms with Crippen molar-refractivity contribution in [3.63, 3.8) is 0 Å². The van der Waals surface area contributed by atoms with E-state index in [4.69, 9.17) is 4.74 Å². The number of nitrogens with one attached hydrogen (secondary N) is 1. The van der Waals surface area contributed by atoms with Gasteiger partial charge in [0, 0.05) is 13.2 Å². The van der Waals surface area contributed by atoms with Gasteiger partial charge in [-0.2, -0.15) is 0 Å². The normalized spacial score (nSPS) is 9.91. The lowest BCUT2D eigenvalue weighted by Gasteiger charge is -2.02. The van der Waals surface area contributed by atoms with Gasteiger partial charge < -0.3 is 10.1 Å². The summed E-state index contributed by atoms with van der Waals surface area (Å²) in [5.74, 6) is 0. The van der Waals surface area contributed by atoms with Crippen LogP contribution >= 0.6 is 0 Å². The molecule has 0 aromatic rings. The molecule has 2 nitrogen and oxygen atoms in total. The number of hydrogen-bond acceptors (Lipinski definition) is 2. The van der Waals surface area contributed by atoms with Gasteiger partial charge in [-0.3, -0.25) is 0 Å². The molecule has 0 rings (SSSR count). The quantitative estimate of drug-likeness (QED) is 0.426. The topological polar surface area (TPSA) is 21.3 Å². The number of unbranched alkanes of at least 4 members (excludes halogenated alkanes) is 1. The molecule has 0 bridgehead atoms. The van der Waals surface area contributed by atoms with Crippen LogP contribution in [0.3, 0.4) is 0 Å². The number of rotatable bonds is 8. The van der Waals surface area contributed by atoms with E-state index >= 15 is 0 Å². The Bertz CT molecular complexity index is 83.6. The van der Waals surface area contributed by atoms with Gasteiger partial charge in [0.2, 0.25) is 0 Å². The average molecular weight is 157 g/mol. The van der Waals surface area contributed by atoms with Crippen molar-refractivity contribution >= 4 is 0 Å². The lowest BCUT2D eigenvalue weighted by atomic mass is 10.3. The van der Waals surface area contributed by atoms with Gasteiger partial charge in [-0.1, -0.05) is 6.08 Å². The first kappa shape index (κ1) is 10.7. The molecule has 0 saturated carbocycles. The minimum atomic E-state index is 0.814. The molecular formula is C9H19NO. The minimum Gasteiger partial charge on any atom is -0.380 e. The lowest BCUT2D eigenvalue weighted by molar-refractivity contribution is 0.149. The molecule has 0 amide bonds. The minimum absolute atomic E-state index is 0.814. The van der Waals surface area contributed by atoms with Gasteiger partial charge in [-0.15, -0.1) is 6.58 Å². The summed E-state index contributed by atoms with van der Waals surface area (Å²) < 4.78 is 5.16. The summed E-state index contributed by atoms with van der Waals surface area (Å²) in [5.41, 5.74) is 0. The molecule has 0 saturated heterocycles. The molecule has 0 atom stereocenters. The number of hydrogen-bond donors (Lipinski definition) is 1. The zero-order valence-electron chi connectivity index (χ0n) is 7.44. The second-order valence-corrected chi connectivity index (χ2v) is 2.38. The van der Waals surface area contributed by atoms with Crippen LogP contribution in [0.25, 0.3) is 0 Å². The SMILES string of the molecule is C=CCCCNCCOCC. The molecule has 0 aromatic heterocycles. The van der Waals surface area contributed by atoms with E-state index in [0.29, 0.717) is 0 Å². The first-order chi connectivity index (χ1) is 5.41. The highest BCUT2D eigenvalue weighted by Crippen LogP contribution is 1.85. The van der Waals surface area contributed by atoms with Crippen LogP contribution in [0, 0.1) is 0 Å². The Morgan fingerprint density at radius 2 is 2.27 bits per heavy atom. The Morgan fingerprint density at radius 1 is 1.45 bits per heavy atom. The van der Waals surface area contributed by atoms with E-state index in [1.807, 2.05) is 13.0 Å². The molecular weight excluding hydrogens is 138 g/mol. The highest BCUT2D eigenvalue weighted by molar-refractivity contribution is 4.66. The molecule has 0 aliphatic rings. The molecule has 66 valence electrons. The average Bonchev–Trinajstić information content (AvgIpc) is 2.03. The Labute approximate surface area is 69.6 Å². The van der Waals surface area contributed by atoms with Crippen LogP contribution in [-0.2, 0) is 4.74 Å². The van der Waals surface area contributed by atoms with Crippen LogP contribution in [-0.4, -0.2) is 26.3 Å². The largest absolute Gasteiger partial charge is 0.380 e. The Hall–Kier alpha value is -0.340. The summed E-state index contributed by atoms with van der Waals surface area (Å²) in [6.07, 6.45) is 4.22. The summed E-state index contributed by atoms with van der Waals surface area (Å²) >= 11 is 0. The number of allylic oxidation sites excluding steroid dienone is 1. The second-order valence-electron chi connectivity index (χ2n) is 2.38. The van der Waals surface area contributed by atoms with Crippen molar-refractivity contribution in [2.75, 3.05) is 26.3 Å². The highest BCUT2D eigenvalue weighted by Gasteiger charge is 1.85. The maximum atomic E-state index is 5.16. The fourth-order valence-electron chi connectivity index (χ4n) is 0.785. The van der Waals surface area contributed by atoms with Crippen LogP contribution in [0.5, 0.6) is 0 Å². The smallest absolute Gasteiger partial charge is 0.0590 e. The summed E-state index contributed by atoms with van der Waals surface area (Å²) in [5, 5.41) is 3.28. The molecule has 0 spiro atoms. The van der Waals surface area contributed by atoms with Gasteiger partial charge >= 0.3 is 0 Å². The van der Waals surface area contributed by atoms with Gasteiger partial charge in [0.15, 0.2) is 0 Å². The monoisotopic (exact) mass is 157 g/mol. The maximum Gasteiger partial charge on any atom is 0.0590 e. The van der Waals surface area contributed by atoms with E-state index in [0.717, 1.165) is 32.7 Å². The second kappa shape index (κ2) is 9.66. The fourth-order valence-corrected chi connectivity index (χ4v) is 0.785. The van der Waals surface area contributed by atoms with Crippen LogP contribution < -0.4 is 5.32 Å². The van der Waals surface area contributed by atoms with Crippen LogP contribution in [0.4, 0.5) is 0 Å². The predicted octanol–water partition coefficient (Wildman–Crippen LogP) is 1.58. The van der Waals surface area contributed by atoms with E-state index in [1.165, 1.54) is 6.42 Å².